The molecule has 0 spiro atoms. The molecule has 6 rings (SSSR count). The summed E-state index contributed by atoms with van der Waals surface area (Å²) in [4.78, 5) is 12.0. The largest absolute Gasteiger partial charge is 0.383 e. The Bertz CT molecular complexity index is 1490. The molecule has 0 radical (unpaired) electrons. The molecule has 2 aromatic heterocycles. The van der Waals surface area contributed by atoms with Crippen molar-refractivity contribution in [3.63, 3.8) is 0 Å². The van der Waals surface area contributed by atoms with E-state index in [1.165, 1.54) is 21.6 Å². The van der Waals surface area contributed by atoms with Gasteiger partial charge in [-0.15, -0.1) is 23.1 Å². The molecule has 3 heterocycles. The fourth-order valence-corrected chi connectivity index (χ4v) is 8.71. The van der Waals surface area contributed by atoms with Crippen molar-refractivity contribution in [1.82, 2.24) is 9.97 Å². The summed E-state index contributed by atoms with van der Waals surface area (Å²) in [5, 5.41) is 3.06. The summed E-state index contributed by atoms with van der Waals surface area (Å²) in [6, 6.07) is 29.4. The Balaban J connectivity index is 1.41. The van der Waals surface area contributed by atoms with Crippen molar-refractivity contribution in [2.24, 2.45) is 0 Å². The van der Waals surface area contributed by atoms with Crippen LogP contribution in [0, 0.1) is 0 Å². The van der Waals surface area contributed by atoms with E-state index in [1.54, 1.807) is 23.1 Å². The first-order valence-electron chi connectivity index (χ1n) is 11.4. The molecule has 0 bridgehead atoms. The third-order valence-electron chi connectivity index (χ3n) is 6.21. The number of hydrogen-bond acceptors (Lipinski definition) is 6. The lowest BCUT2D eigenvalue weighted by Crippen LogP contribution is -2.12. The van der Waals surface area contributed by atoms with Gasteiger partial charge in [0, 0.05) is 20.9 Å². The summed E-state index contributed by atoms with van der Waals surface area (Å²) in [7, 11) is 0. The Morgan fingerprint density at radius 3 is 2.31 bits per heavy atom. The second-order valence-electron chi connectivity index (χ2n) is 8.43. The van der Waals surface area contributed by atoms with Crippen LogP contribution in [0.2, 0.25) is 5.02 Å². The van der Waals surface area contributed by atoms with Crippen molar-refractivity contribution >= 4 is 62.5 Å². The fraction of sp³-hybridized carbons (Fsp3) is 0.143. The average Bonchev–Trinajstić information content (AvgIpc) is 3.27. The van der Waals surface area contributed by atoms with Crippen LogP contribution in [0.15, 0.2) is 90.1 Å². The molecule has 2 atom stereocenters. The zero-order valence-corrected chi connectivity index (χ0v) is 21.9. The lowest BCUT2D eigenvalue weighted by Gasteiger charge is -2.30. The van der Waals surface area contributed by atoms with Crippen molar-refractivity contribution in [1.29, 1.82) is 0 Å². The second-order valence-corrected chi connectivity index (χ2v) is 12.1. The number of nitrogens with zero attached hydrogens (tertiary/aromatic N) is 2. The molecule has 3 aromatic carbocycles. The number of nitrogens with two attached hydrogens (primary N) is 1. The Labute approximate surface area is 222 Å². The van der Waals surface area contributed by atoms with Gasteiger partial charge in [0.1, 0.15) is 10.6 Å². The number of halogens is 1. The molecule has 5 aromatic rings. The normalized spacial score (nSPS) is 17.4. The molecule has 0 amide bonds. The molecular weight excluding hydrogens is 510 g/mol. The maximum atomic E-state index is 6.60. The molecule has 0 aliphatic carbocycles. The second kappa shape index (κ2) is 9.86. The lowest BCUT2D eigenvalue weighted by atomic mass is 9.98. The number of rotatable bonds is 5. The summed E-state index contributed by atoms with van der Waals surface area (Å²) >= 11 is 11.7. The summed E-state index contributed by atoms with van der Waals surface area (Å²) in [6.45, 7) is 0. The van der Waals surface area contributed by atoms with Gasteiger partial charge in [-0.25, -0.2) is 9.97 Å². The van der Waals surface area contributed by atoms with Gasteiger partial charge in [0.15, 0.2) is 5.16 Å². The minimum absolute atomic E-state index is 0.239. The first-order chi connectivity index (χ1) is 17.2. The molecule has 2 N–H and O–H groups in total. The molecule has 35 heavy (non-hydrogen) atoms. The van der Waals surface area contributed by atoms with Crippen LogP contribution in [0.3, 0.4) is 0 Å². The van der Waals surface area contributed by atoms with Crippen molar-refractivity contribution in [2.45, 2.75) is 27.8 Å². The highest BCUT2D eigenvalue weighted by molar-refractivity contribution is 8.00. The number of benzene rings is 3. The van der Waals surface area contributed by atoms with E-state index in [0.717, 1.165) is 27.2 Å². The topological polar surface area (TPSA) is 51.8 Å². The maximum absolute atomic E-state index is 6.60. The molecule has 1 aliphatic heterocycles. The maximum Gasteiger partial charge on any atom is 0.191 e. The van der Waals surface area contributed by atoms with E-state index in [2.05, 4.69) is 60.7 Å². The van der Waals surface area contributed by atoms with E-state index >= 15 is 0 Å². The molecule has 0 fully saturated rings. The van der Waals surface area contributed by atoms with Gasteiger partial charge in [-0.1, -0.05) is 102 Å². The molecule has 0 unspecified atom stereocenters. The Hall–Kier alpha value is -2.51. The lowest BCUT2D eigenvalue weighted by molar-refractivity contribution is 0.893. The highest BCUT2D eigenvalue weighted by atomic mass is 35.5. The van der Waals surface area contributed by atoms with E-state index in [-0.39, 0.29) is 5.25 Å². The summed E-state index contributed by atoms with van der Waals surface area (Å²) < 4.78 is 0. The van der Waals surface area contributed by atoms with E-state index < -0.39 is 0 Å². The minimum atomic E-state index is 0.239. The Kier molecular flexibility index (Phi) is 6.46. The van der Waals surface area contributed by atoms with Gasteiger partial charge in [0.2, 0.25) is 0 Å². The molecule has 0 saturated heterocycles. The fourth-order valence-electron chi connectivity index (χ4n) is 4.50. The number of thiophene rings is 1. The standard InChI is InChI=1S/C28H22ClN3S3/c29-21-14-8-7-13-19(21)16-33-28-31-26(30)23-20-15-22(17-9-3-1-4-10-17)34-24(18-11-5-2-6-12-18)25(20)35-27(23)32-28/h1-14,22,24H,15-16H2,(H2,30,31,32)/t22-,24+/m1/s1. The molecule has 174 valence electrons. The first-order valence-corrected chi connectivity index (χ1v) is 14.5. The van der Waals surface area contributed by atoms with E-state index in [1.807, 2.05) is 36.0 Å². The van der Waals surface area contributed by atoms with Crippen molar-refractivity contribution in [3.05, 3.63) is 117 Å². The Morgan fingerprint density at radius 2 is 1.57 bits per heavy atom. The Morgan fingerprint density at radius 1 is 0.886 bits per heavy atom. The van der Waals surface area contributed by atoms with Crippen molar-refractivity contribution in [2.75, 3.05) is 5.73 Å². The molecule has 7 heteroatoms. The van der Waals surface area contributed by atoms with Gasteiger partial charge >= 0.3 is 0 Å². The third-order valence-corrected chi connectivity index (χ3v) is 10.4. The molecule has 0 saturated carbocycles. The zero-order chi connectivity index (χ0) is 23.8. The smallest absolute Gasteiger partial charge is 0.191 e. The van der Waals surface area contributed by atoms with Crippen molar-refractivity contribution in [3.8, 4) is 0 Å². The van der Waals surface area contributed by atoms with Gasteiger partial charge in [-0.2, -0.15) is 0 Å². The van der Waals surface area contributed by atoms with E-state index in [9.17, 15) is 0 Å². The van der Waals surface area contributed by atoms with Crippen LogP contribution in [0.1, 0.15) is 37.6 Å². The van der Waals surface area contributed by atoms with E-state index in [4.69, 9.17) is 27.3 Å². The average molecular weight is 532 g/mol. The zero-order valence-electron chi connectivity index (χ0n) is 18.7. The third kappa shape index (κ3) is 4.56. The highest BCUT2D eigenvalue weighted by Gasteiger charge is 2.34. The van der Waals surface area contributed by atoms with Gasteiger partial charge in [0.25, 0.3) is 0 Å². The van der Waals surface area contributed by atoms with Gasteiger partial charge in [0.05, 0.1) is 10.6 Å². The number of thioether (sulfide) groups is 2. The van der Waals surface area contributed by atoms with Crippen LogP contribution in [-0.4, -0.2) is 9.97 Å². The van der Waals surface area contributed by atoms with Crippen LogP contribution in [-0.2, 0) is 12.2 Å². The minimum Gasteiger partial charge on any atom is -0.383 e. The predicted octanol–water partition coefficient (Wildman–Crippen LogP) is 8.34. The summed E-state index contributed by atoms with van der Waals surface area (Å²) in [5.74, 6) is 1.27. The molecule has 3 nitrogen and oxygen atoms in total. The quantitative estimate of drug-likeness (QED) is 0.182. The number of anilines is 1. The SMILES string of the molecule is Nc1nc(SCc2ccccc2Cl)nc2sc3c(c12)C[C@H](c1ccccc1)S[C@H]3c1ccccc1. The van der Waals surface area contributed by atoms with Crippen LogP contribution >= 0.6 is 46.5 Å². The number of hydrogen-bond donors (Lipinski definition) is 1. The molecule has 1 aliphatic rings. The predicted molar refractivity (Wildman–Crippen MR) is 152 cm³/mol. The highest BCUT2D eigenvalue weighted by Crippen LogP contribution is 2.55. The number of nitrogen functional groups attached to an aromatic ring is 1. The molecular formula is C28H22ClN3S3. The van der Waals surface area contributed by atoms with Crippen LogP contribution in [0.4, 0.5) is 5.82 Å². The van der Waals surface area contributed by atoms with Crippen LogP contribution in [0.25, 0.3) is 10.2 Å². The van der Waals surface area contributed by atoms with Gasteiger partial charge < -0.3 is 5.73 Å². The number of fused-ring (bicyclic) bond motifs is 3. The van der Waals surface area contributed by atoms with Gasteiger partial charge in [-0.3, -0.25) is 0 Å². The van der Waals surface area contributed by atoms with Crippen LogP contribution in [0.5, 0.6) is 0 Å². The van der Waals surface area contributed by atoms with Crippen molar-refractivity contribution < 1.29 is 0 Å². The summed E-state index contributed by atoms with van der Waals surface area (Å²) in [5.41, 5.74) is 11.6. The summed E-state index contributed by atoms with van der Waals surface area (Å²) in [6.07, 6.45) is 0.924. The van der Waals surface area contributed by atoms with E-state index in [0.29, 0.717) is 22.0 Å². The first kappa shape index (κ1) is 22.9. The monoisotopic (exact) mass is 531 g/mol. The van der Waals surface area contributed by atoms with Gasteiger partial charge in [-0.05, 0) is 34.7 Å². The number of aromatic nitrogens is 2. The van der Waals surface area contributed by atoms with Crippen LogP contribution < -0.4 is 5.73 Å².